The second-order valence-corrected chi connectivity index (χ2v) is 5.70. The van der Waals surface area contributed by atoms with Gasteiger partial charge in [0.25, 0.3) is 0 Å². The van der Waals surface area contributed by atoms with Crippen molar-refractivity contribution in [1.29, 1.82) is 0 Å². The van der Waals surface area contributed by atoms with E-state index in [1.165, 1.54) is 0 Å². The molecule has 0 bridgehead atoms. The van der Waals surface area contributed by atoms with Gasteiger partial charge in [0, 0.05) is 37.2 Å². The van der Waals surface area contributed by atoms with Crippen molar-refractivity contribution in [2.45, 2.75) is 26.8 Å². The Morgan fingerprint density at radius 3 is 2.42 bits per heavy atom. The molecule has 1 atom stereocenters. The predicted octanol–water partition coefficient (Wildman–Crippen LogP) is 2.63. The topological polar surface area (TPSA) is 24.5 Å². The highest BCUT2D eigenvalue weighted by molar-refractivity contribution is 6.32. The number of piperazine rings is 1. The summed E-state index contributed by atoms with van der Waals surface area (Å²) in [5.41, 5.74) is 2.15. The summed E-state index contributed by atoms with van der Waals surface area (Å²) in [6, 6.07) is 4.47. The highest BCUT2D eigenvalue weighted by Gasteiger charge is 2.16. The van der Waals surface area contributed by atoms with E-state index in [0.29, 0.717) is 6.04 Å². The first-order chi connectivity index (χ1) is 9.08. The van der Waals surface area contributed by atoms with Gasteiger partial charge in [0.15, 0.2) is 0 Å². The second kappa shape index (κ2) is 6.60. The second-order valence-electron chi connectivity index (χ2n) is 5.32. The van der Waals surface area contributed by atoms with Crippen molar-refractivity contribution in [2.24, 2.45) is 0 Å². The van der Waals surface area contributed by atoms with Crippen molar-refractivity contribution >= 4 is 11.6 Å². The molecule has 19 heavy (non-hydrogen) atoms. The maximum Gasteiger partial charge on any atom is 0.120 e. The Kier molecular flexibility index (Phi) is 5.08. The van der Waals surface area contributed by atoms with Crippen molar-refractivity contribution in [3.63, 3.8) is 0 Å². The Hall–Kier alpha value is -0.770. The first-order valence-corrected chi connectivity index (χ1v) is 7.30. The van der Waals surface area contributed by atoms with Gasteiger partial charge in [-0.25, -0.2) is 0 Å². The highest BCUT2D eigenvalue weighted by Crippen LogP contribution is 2.26. The molecule has 4 heteroatoms. The van der Waals surface area contributed by atoms with E-state index in [0.717, 1.165) is 54.7 Å². The number of nitrogens with one attached hydrogen (secondary N) is 1. The average Bonchev–Trinajstić information content (AvgIpc) is 2.43. The molecular formula is C15H23ClN2O. The number of halogens is 1. The maximum atomic E-state index is 6.16. The van der Waals surface area contributed by atoms with Gasteiger partial charge in [0.1, 0.15) is 12.4 Å². The Balaban J connectivity index is 1.91. The largest absolute Gasteiger partial charge is 0.492 e. The number of ether oxygens (including phenoxy) is 1. The first kappa shape index (κ1) is 14.6. The van der Waals surface area contributed by atoms with Crippen LogP contribution in [0.1, 0.15) is 18.1 Å². The molecule has 1 aromatic carbocycles. The van der Waals surface area contributed by atoms with Crippen LogP contribution < -0.4 is 10.1 Å². The molecule has 0 aliphatic carbocycles. The van der Waals surface area contributed by atoms with E-state index < -0.39 is 0 Å². The van der Waals surface area contributed by atoms with Crippen LogP contribution in [-0.2, 0) is 0 Å². The zero-order valence-electron chi connectivity index (χ0n) is 12.0. The number of hydrogen-bond donors (Lipinski definition) is 1. The summed E-state index contributed by atoms with van der Waals surface area (Å²) in [5, 5.41) is 4.20. The molecule has 1 fully saturated rings. The predicted molar refractivity (Wildman–Crippen MR) is 80.3 cm³/mol. The van der Waals surface area contributed by atoms with Crippen LogP contribution in [0, 0.1) is 13.8 Å². The Morgan fingerprint density at radius 2 is 1.84 bits per heavy atom. The molecule has 1 heterocycles. The number of aryl methyl sites for hydroxylation is 2. The number of hydrogen-bond acceptors (Lipinski definition) is 3. The Bertz CT molecular complexity index is 407. The molecule has 1 aliphatic rings. The summed E-state index contributed by atoms with van der Waals surface area (Å²) in [5.74, 6) is 0.918. The standard InChI is InChI=1S/C15H23ClN2O/c1-11-8-14(9-12(2)15(11)16)19-10-13(3)18-6-4-17-5-7-18/h8-9,13,17H,4-7,10H2,1-3H3. The molecule has 1 saturated heterocycles. The summed E-state index contributed by atoms with van der Waals surface area (Å²) < 4.78 is 5.92. The monoisotopic (exact) mass is 282 g/mol. The maximum absolute atomic E-state index is 6.16. The van der Waals surface area contributed by atoms with Gasteiger partial charge in [0.2, 0.25) is 0 Å². The van der Waals surface area contributed by atoms with E-state index in [1.54, 1.807) is 0 Å². The van der Waals surface area contributed by atoms with Crippen molar-refractivity contribution < 1.29 is 4.74 Å². The van der Waals surface area contributed by atoms with Gasteiger partial charge in [-0.05, 0) is 44.0 Å². The van der Waals surface area contributed by atoms with Crippen LogP contribution in [0.2, 0.25) is 5.02 Å². The van der Waals surface area contributed by atoms with E-state index in [9.17, 15) is 0 Å². The van der Waals surface area contributed by atoms with Gasteiger partial charge in [-0.2, -0.15) is 0 Å². The summed E-state index contributed by atoms with van der Waals surface area (Å²) >= 11 is 6.16. The minimum Gasteiger partial charge on any atom is -0.492 e. The van der Waals surface area contributed by atoms with Gasteiger partial charge in [-0.3, -0.25) is 4.90 Å². The third-order valence-electron chi connectivity index (χ3n) is 3.68. The lowest BCUT2D eigenvalue weighted by molar-refractivity contribution is 0.132. The van der Waals surface area contributed by atoms with Crippen LogP contribution in [0.5, 0.6) is 5.75 Å². The van der Waals surface area contributed by atoms with Crippen molar-refractivity contribution in [3.05, 3.63) is 28.3 Å². The molecule has 0 radical (unpaired) electrons. The van der Waals surface area contributed by atoms with E-state index in [2.05, 4.69) is 17.1 Å². The molecule has 0 spiro atoms. The summed E-state index contributed by atoms with van der Waals surface area (Å²) in [6.45, 7) is 11.3. The normalized spacial score (nSPS) is 18.3. The molecule has 1 aromatic rings. The lowest BCUT2D eigenvalue weighted by Gasteiger charge is -2.32. The van der Waals surface area contributed by atoms with Crippen LogP contribution in [-0.4, -0.2) is 43.7 Å². The molecule has 0 aromatic heterocycles. The lowest BCUT2D eigenvalue weighted by atomic mass is 10.1. The quantitative estimate of drug-likeness (QED) is 0.919. The smallest absolute Gasteiger partial charge is 0.120 e. The number of benzene rings is 1. The van der Waals surface area contributed by atoms with Crippen LogP contribution in [0.4, 0.5) is 0 Å². The zero-order valence-corrected chi connectivity index (χ0v) is 12.8. The van der Waals surface area contributed by atoms with Gasteiger partial charge < -0.3 is 10.1 Å². The molecule has 1 N–H and O–H groups in total. The van der Waals surface area contributed by atoms with Crippen molar-refractivity contribution in [3.8, 4) is 5.75 Å². The Labute approximate surface area is 120 Å². The van der Waals surface area contributed by atoms with E-state index >= 15 is 0 Å². The third kappa shape index (κ3) is 3.85. The fourth-order valence-electron chi connectivity index (χ4n) is 2.43. The summed E-state index contributed by atoms with van der Waals surface area (Å²) in [6.07, 6.45) is 0. The van der Waals surface area contributed by atoms with E-state index in [-0.39, 0.29) is 0 Å². The minimum atomic E-state index is 0.443. The molecule has 3 nitrogen and oxygen atoms in total. The fraction of sp³-hybridized carbons (Fsp3) is 0.600. The van der Waals surface area contributed by atoms with Crippen molar-refractivity contribution in [2.75, 3.05) is 32.8 Å². The van der Waals surface area contributed by atoms with Crippen LogP contribution in [0.25, 0.3) is 0 Å². The molecule has 2 rings (SSSR count). The van der Waals surface area contributed by atoms with E-state index in [1.807, 2.05) is 26.0 Å². The van der Waals surface area contributed by atoms with Gasteiger partial charge in [0.05, 0.1) is 0 Å². The minimum absolute atomic E-state index is 0.443. The van der Waals surface area contributed by atoms with E-state index in [4.69, 9.17) is 16.3 Å². The number of nitrogens with zero attached hydrogens (tertiary/aromatic N) is 1. The molecule has 1 unspecified atom stereocenters. The number of rotatable bonds is 4. The summed E-state index contributed by atoms with van der Waals surface area (Å²) in [4.78, 5) is 2.46. The summed E-state index contributed by atoms with van der Waals surface area (Å²) in [7, 11) is 0. The third-order valence-corrected chi connectivity index (χ3v) is 4.27. The average molecular weight is 283 g/mol. The first-order valence-electron chi connectivity index (χ1n) is 6.92. The van der Waals surface area contributed by atoms with Crippen LogP contribution in [0.3, 0.4) is 0 Å². The Morgan fingerprint density at radius 1 is 1.26 bits per heavy atom. The molecule has 106 valence electrons. The fourth-order valence-corrected chi connectivity index (χ4v) is 2.54. The van der Waals surface area contributed by atoms with Crippen LogP contribution >= 0.6 is 11.6 Å². The SMILES string of the molecule is Cc1cc(OCC(C)N2CCNCC2)cc(C)c1Cl. The molecule has 1 aliphatic heterocycles. The molecule has 0 amide bonds. The van der Waals surface area contributed by atoms with Crippen molar-refractivity contribution in [1.82, 2.24) is 10.2 Å². The highest BCUT2D eigenvalue weighted by atomic mass is 35.5. The van der Waals surface area contributed by atoms with Gasteiger partial charge >= 0.3 is 0 Å². The van der Waals surface area contributed by atoms with Gasteiger partial charge in [-0.15, -0.1) is 0 Å². The lowest BCUT2D eigenvalue weighted by Crippen LogP contribution is -2.49. The van der Waals surface area contributed by atoms with Crippen LogP contribution in [0.15, 0.2) is 12.1 Å². The molecular weight excluding hydrogens is 260 g/mol. The van der Waals surface area contributed by atoms with Gasteiger partial charge in [-0.1, -0.05) is 11.6 Å². The molecule has 0 saturated carbocycles. The zero-order chi connectivity index (χ0) is 13.8.